The van der Waals surface area contributed by atoms with Crippen LogP contribution < -0.4 is 0 Å². The Labute approximate surface area is 86.9 Å². The lowest BCUT2D eigenvalue weighted by molar-refractivity contribution is -0.114. The molecule has 0 aromatic carbocycles. The van der Waals surface area contributed by atoms with Gasteiger partial charge in [0, 0.05) is 12.1 Å². The first kappa shape index (κ1) is 10.5. The maximum Gasteiger partial charge on any atom is 0.224 e. The van der Waals surface area contributed by atoms with Crippen molar-refractivity contribution in [2.24, 2.45) is 5.92 Å². The minimum absolute atomic E-state index is 0.176. The summed E-state index contributed by atoms with van der Waals surface area (Å²) in [5.74, 6) is -0.176. The molecular weight excluding hydrogens is 209 g/mol. The monoisotopic (exact) mass is 217 g/mol. The number of hydrogen-bond donors (Lipinski definition) is 0. The summed E-state index contributed by atoms with van der Waals surface area (Å²) >= 11 is 10.9. The van der Waals surface area contributed by atoms with Crippen molar-refractivity contribution in [3.63, 3.8) is 0 Å². The Kier molecular flexibility index (Phi) is 3.70. The molecule has 0 aliphatic carbocycles. The molecule has 1 rings (SSSR count). The van der Waals surface area contributed by atoms with E-state index >= 15 is 0 Å². The van der Waals surface area contributed by atoms with Gasteiger partial charge >= 0.3 is 0 Å². The molecule has 0 amide bonds. The molecule has 0 bridgehead atoms. The zero-order valence-corrected chi connectivity index (χ0v) is 8.64. The average molecular weight is 218 g/mol. The molecule has 70 valence electrons. The molecule has 1 aromatic heterocycles. The van der Waals surface area contributed by atoms with Gasteiger partial charge in [-0.2, -0.15) is 0 Å². The van der Waals surface area contributed by atoms with Gasteiger partial charge in [-0.3, -0.25) is 4.79 Å². The zero-order chi connectivity index (χ0) is 9.84. The summed E-state index contributed by atoms with van der Waals surface area (Å²) in [6.07, 6.45) is 2.26. The van der Waals surface area contributed by atoms with E-state index in [0.717, 1.165) is 5.56 Å². The number of carbonyl (C=O) groups excluding carboxylic acids is 1. The highest BCUT2D eigenvalue weighted by Crippen LogP contribution is 2.12. The van der Waals surface area contributed by atoms with Gasteiger partial charge in [0.1, 0.15) is 5.15 Å². The molecule has 2 nitrogen and oxygen atoms in total. The summed E-state index contributed by atoms with van der Waals surface area (Å²) in [4.78, 5) is 14.6. The number of pyridine rings is 1. The van der Waals surface area contributed by atoms with Gasteiger partial charge in [0.25, 0.3) is 0 Å². The van der Waals surface area contributed by atoms with E-state index in [9.17, 15) is 4.79 Å². The second-order valence-corrected chi connectivity index (χ2v) is 3.66. The Bertz CT molecular complexity index is 297. The lowest BCUT2D eigenvalue weighted by Crippen LogP contribution is -2.07. The van der Waals surface area contributed by atoms with Gasteiger partial charge in [-0.25, -0.2) is 4.98 Å². The number of halogens is 2. The van der Waals surface area contributed by atoms with Crippen LogP contribution in [0.2, 0.25) is 5.15 Å². The number of nitrogens with zero attached hydrogens (tertiary/aromatic N) is 1. The highest BCUT2D eigenvalue weighted by Gasteiger charge is 2.10. The van der Waals surface area contributed by atoms with E-state index in [4.69, 9.17) is 23.2 Å². The van der Waals surface area contributed by atoms with Crippen molar-refractivity contribution in [1.29, 1.82) is 0 Å². The predicted octanol–water partition coefficient (Wildman–Crippen LogP) is 2.68. The van der Waals surface area contributed by atoms with Crippen molar-refractivity contribution in [2.75, 3.05) is 0 Å². The van der Waals surface area contributed by atoms with Crippen molar-refractivity contribution in [1.82, 2.24) is 4.98 Å². The normalized spacial score (nSPS) is 12.5. The Morgan fingerprint density at radius 2 is 2.31 bits per heavy atom. The van der Waals surface area contributed by atoms with Gasteiger partial charge < -0.3 is 0 Å². The van der Waals surface area contributed by atoms with E-state index in [-0.39, 0.29) is 11.2 Å². The molecule has 4 heteroatoms. The van der Waals surface area contributed by atoms with Gasteiger partial charge in [-0.1, -0.05) is 24.6 Å². The molecule has 0 spiro atoms. The molecule has 0 radical (unpaired) electrons. The van der Waals surface area contributed by atoms with Crippen molar-refractivity contribution in [3.05, 3.63) is 29.0 Å². The van der Waals surface area contributed by atoms with E-state index in [2.05, 4.69) is 4.98 Å². The molecule has 0 N–H and O–H groups in total. The smallest absolute Gasteiger partial charge is 0.224 e. The molecule has 1 aromatic rings. The first-order chi connectivity index (χ1) is 6.09. The summed E-state index contributed by atoms with van der Waals surface area (Å²) in [6.45, 7) is 1.78. The largest absolute Gasteiger partial charge is 0.281 e. The summed E-state index contributed by atoms with van der Waals surface area (Å²) < 4.78 is 0. The molecular formula is C9H9Cl2NO. The van der Waals surface area contributed by atoms with Crippen LogP contribution in [0.15, 0.2) is 18.3 Å². The van der Waals surface area contributed by atoms with Gasteiger partial charge in [-0.05, 0) is 29.7 Å². The highest BCUT2D eigenvalue weighted by molar-refractivity contribution is 6.63. The average Bonchev–Trinajstić information content (AvgIpc) is 2.08. The minimum Gasteiger partial charge on any atom is -0.281 e. The summed E-state index contributed by atoms with van der Waals surface area (Å²) in [6, 6.07) is 3.54. The van der Waals surface area contributed by atoms with Gasteiger partial charge in [0.15, 0.2) is 0 Å². The molecule has 1 heterocycles. The van der Waals surface area contributed by atoms with Gasteiger partial charge in [0.05, 0.1) is 0 Å². The SMILES string of the molecule is CC(Cc1ccc(Cl)nc1)C(=O)Cl. The van der Waals surface area contributed by atoms with Crippen LogP contribution >= 0.6 is 23.2 Å². The summed E-state index contributed by atoms with van der Waals surface area (Å²) in [5.41, 5.74) is 0.964. The fourth-order valence-electron chi connectivity index (χ4n) is 0.961. The number of hydrogen-bond acceptors (Lipinski definition) is 2. The van der Waals surface area contributed by atoms with Gasteiger partial charge in [0.2, 0.25) is 5.24 Å². The standard InChI is InChI=1S/C9H9Cl2NO/c1-6(9(11)13)4-7-2-3-8(10)12-5-7/h2-3,5-6H,4H2,1H3. The van der Waals surface area contributed by atoms with Gasteiger partial charge in [-0.15, -0.1) is 0 Å². The first-order valence-corrected chi connectivity index (χ1v) is 4.65. The van der Waals surface area contributed by atoms with E-state index in [1.807, 2.05) is 6.07 Å². The Balaban J connectivity index is 2.64. The first-order valence-electron chi connectivity index (χ1n) is 3.89. The van der Waals surface area contributed by atoms with Crippen LogP contribution in [0.4, 0.5) is 0 Å². The van der Waals surface area contributed by atoms with E-state index in [0.29, 0.717) is 11.6 Å². The van der Waals surface area contributed by atoms with E-state index < -0.39 is 0 Å². The van der Waals surface area contributed by atoms with Crippen LogP contribution in [0, 0.1) is 5.92 Å². The minimum atomic E-state index is -0.324. The van der Waals surface area contributed by atoms with Crippen molar-refractivity contribution < 1.29 is 4.79 Å². The zero-order valence-electron chi connectivity index (χ0n) is 7.13. The molecule has 0 saturated heterocycles. The molecule has 0 aliphatic rings. The van der Waals surface area contributed by atoms with Crippen LogP contribution in [0.1, 0.15) is 12.5 Å². The summed E-state index contributed by atoms with van der Waals surface area (Å²) in [5, 5.41) is 0.128. The Morgan fingerprint density at radius 3 is 2.77 bits per heavy atom. The highest BCUT2D eigenvalue weighted by atomic mass is 35.5. The Hall–Kier alpha value is -0.600. The number of aromatic nitrogens is 1. The molecule has 0 aliphatic heterocycles. The predicted molar refractivity (Wildman–Crippen MR) is 53.0 cm³/mol. The maximum absolute atomic E-state index is 10.7. The van der Waals surface area contributed by atoms with Crippen molar-refractivity contribution in [2.45, 2.75) is 13.3 Å². The fourth-order valence-corrected chi connectivity index (χ4v) is 1.15. The van der Waals surface area contributed by atoms with E-state index in [1.165, 1.54) is 0 Å². The molecule has 1 atom stereocenters. The quantitative estimate of drug-likeness (QED) is 0.576. The second-order valence-electron chi connectivity index (χ2n) is 2.90. The second kappa shape index (κ2) is 4.58. The molecule has 1 unspecified atom stereocenters. The molecule has 0 saturated carbocycles. The van der Waals surface area contributed by atoms with Crippen LogP contribution in [0.25, 0.3) is 0 Å². The topological polar surface area (TPSA) is 30.0 Å². The lowest BCUT2D eigenvalue weighted by atomic mass is 10.0. The fraction of sp³-hybridized carbons (Fsp3) is 0.333. The van der Waals surface area contributed by atoms with Crippen LogP contribution in [-0.2, 0) is 11.2 Å². The van der Waals surface area contributed by atoms with Crippen molar-refractivity contribution >= 4 is 28.4 Å². The van der Waals surface area contributed by atoms with Crippen LogP contribution in [-0.4, -0.2) is 10.2 Å². The van der Waals surface area contributed by atoms with E-state index in [1.54, 1.807) is 19.2 Å². The third-order valence-electron chi connectivity index (χ3n) is 1.72. The third kappa shape index (κ3) is 3.33. The molecule has 13 heavy (non-hydrogen) atoms. The number of rotatable bonds is 3. The van der Waals surface area contributed by atoms with Crippen LogP contribution in [0.3, 0.4) is 0 Å². The number of carbonyl (C=O) groups is 1. The Morgan fingerprint density at radius 1 is 1.62 bits per heavy atom. The molecule has 0 fully saturated rings. The van der Waals surface area contributed by atoms with Crippen molar-refractivity contribution in [3.8, 4) is 0 Å². The lowest BCUT2D eigenvalue weighted by Gasteiger charge is -2.04. The maximum atomic E-state index is 10.7. The van der Waals surface area contributed by atoms with Crippen LogP contribution in [0.5, 0.6) is 0 Å². The summed E-state index contributed by atoms with van der Waals surface area (Å²) in [7, 11) is 0. The third-order valence-corrected chi connectivity index (χ3v) is 2.31.